The normalized spacial score (nSPS) is 24.0. The molecule has 1 aliphatic heterocycles. The highest BCUT2D eigenvalue weighted by atomic mass is 32.1. The first-order valence-electron chi connectivity index (χ1n) is 13.7. The lowest BCUT2D eigenvalue weighted by atomic mass is 9.91. The van der Waals surface area contributed by atoms with Crippen LogP contribution in [0.3, 0.4) is 0 Å². The third-order valence-electron chi connectivity index (χ3n) is 7.26. The smallest absolute Gasteiger partial charge is 0.405 e. The fraction of sp³-hybridized carbons (Fsp3) is 0.375. The molecule has 0 unspecified atom stereocenters. The Morgan fingerprint density at radius 2 is 1.88 bits per heavy atom. The van der Waals surface area contributed by atoms with Crippen LogP contribution >= 0.6 is 11.3 Å². The molecule has 2 bridgehead atoms. The number of amides is 2. The summed E-state index contributed by atoms with van der Waals surface area (Å²) in [5, 5.41) is 38.2. The maximum atomic E-state index is 13.1. The van der Waals surface area contributed by atoms with Gasteiger partial charge in [-0.3, -0.25) is 4.79 Å². The number of hydrogen-bond acceptors (Lipinski definition) is 9. The van der Waals surface area contributed by atoms with Crippen molar-refractivity contribution >= 4 is 35.1 Å². The number of phenols is 2. The van der Waals surface area contributed by atoms with Gasteiger partial charge in [-0.15, -0.1) is 11.3 Å². The number of phenolic OH excluding ortho intramolecular Hbond substituents is 2. The molecule has 0 aliphatic carbocycles. The van der Waals surface area contributed by atoms with Crippen LogP contribution in [0.25, 0.3) is 16.5 Å². The highest BCUT2D eigenvalue weighted by Gasteiger charge is 2.29. The fourth-order valence-corrected chi connectivity index (χ4v) is 5.75. The van der Waals surface area contributed by atoms with Crippen molar-refractivity contribution < 1.29 is 39.1 Å². The number of carbonyl (C=O) groups is 2. The summed E-state index contributed by atoms with van der Waals surface area (Å²) in [6.45, 7) is 6.97. The summed E-state index contributed by atoms with van der Waals surface area (Å²) < 4.78 is 16.6. The van der Waals surface area contributed by atoms with Gasteiger partial charge in [0.05, 0.1) is 17.9 Å². The maximum Gasteiger partial charge on any atom is 0.405 e. The van der Waals surface area contributed by atoms with E-state index in [2.05, 4.69) is 5.32 Å². The van der Waals surface area contributed by atoms with Crippen LogP contribution in [0.4, 0.5) is 10.5 Å². The van der Waals surface area contributed by atoms with Crippen molar-refractivity contribution in [2.75, 3.05) is 19.5 Å². The first kappa shape index (κ1) is 33.6. The number of hydrogen-bond donors (Lipinski definition) is 5. The average molecular weight is 613 g/mol. The lowest BCUT2D eigenvalue weighted by molar-refractivity contribution is -0.112. The van der Waals surface area contributed by atoms with Crippen LogP contribution in [0.2, 0.25) is 0 Å². The Kier molecular flexibility index (Phi) is 11.7. The summed E-state index contributed by atoms with van der Waals surface area (Å²) in [6, 6.07) is 4.97. The predicted octanol–water partition coefficient (Wildman–Crippen LogP) is 5.51. The van der Waals surface area contributed by atoms with E-state index in [1.165, 1.54) is 37.7 Å². The molecular formula is C32H40N2O8S. The van der Waals surface area contributed by atoms with E-state index in [-0.39, 0.29) is 29.2 Å². The number of allylic oxidation sites excluding steroid dienone is 2. The zero-order valence-electron chi connectivity index (χ0n) is 25.2. The molecule has 0 spiro atoms. The van der Waals surface area contributed by atoms with Crippen molar-refractivity contribution in [3.63, 3.8) is 0 Å². The SMILES string of the molecule is CO[C@H]1C=CC=C(C)C(=O)Nc2cc(O)c(-c3cccs3)c(c2O)C=C(C)C[C@H](OC)[C@H](O)[C@@H](C)C=C(C)[C@@H]1OC(N)=O. The van der Waals surface area contributed by atoms with Crippen molar-refractivity contribution in [2.45, 2.75) is 58.5 Å². The molecule has 3 rings (SSSR count). The molecule has 2 heterocycles. The van der Waals surface area contributed by atoms with E-state index in [9.17, 15) is 24.9 Å². The van der Waals surface area contributed by atoms with E-state index in [1.54, 1.807) is 38.2 Å². The third kappa shape index (κ3) is 8.35. The summed E-state index contributed by atoms with van der Waals surface area (Å²) in [5.74, 6) is -1.30. The van der Waals surface area contributed by atoms with Crippen LogP contribution in [0.1, 0.15) is 39.7 Å². The maximum absolute atomic E-state index is 13.1. The Labute approximate surface area is 255 Å². The topological polar surface area (TPSA) is 161 Å². The Balaban J connectivity index is 2.20. The van der Waals surface area contributed by atoms with Crippen LogP contribution in [0.15, 0.2) is 64.6 Å². The first-order chi connectivity index (χ1) is 20.4. The van der Waals surface area contributed by atoms with Gasteiger partial charge in [0.1, 0.15) is 17.6 Å². The van der Waals surface area contributed by atoms with Gasteiger partial charge in [0.15, 0.2) is 6.10 Å². The Hall–Kier alpha value is -3.90. The second kappa shape index (κ2) is 15.0. The number of anilines is 1. The number of fused-ring (bicyclic) bond motifs is 2. The van der Waals surface area contributed by atoms with Crippen LogP contribution in [-0.4, -0.2) is 66.0 Å². The summed E-state index contributed by atoms with van der Waals surface area (Å²) in [6.07, 6.45) is 4.21. The number of primary amides is 1. The number of carbonyl (C=O) groups excluding carboxylic acids is 2. The molecule has 2 amide bonds. The molecule has 5 atom stereocenters. The quantitative estimate of drug-likeness (QED) is 0.172. The van der Waals surface area contributed by atoms with E-state index < -0.39 is 42.3 Å². The number of nitrogens with one attached hydrogen (secondary N) is 1. The van der Waals surface area contributed by atoms with E-state index in [1.807, 2.05) is 31.4 Å². The molecule has 10 nitrogen and oxygen atoms in total. The van der Waals surface area contributed by atoms with Crippen molar-refractivity contribution in [1.29, 1.82) is 0 Å². The molecule has 11 heteroatoms. The molecular weight excluding hydrogens is 572 g/mol. The molecule has 6 N–H and O–H groups in total. The highest BCUT2D eigenvalue weighted by Crippen LogP contribution is 2.45. The minimum atomic E-state index is -0.992. The summed E-state index contributed by atoms with van der Waals surface area (Å²) >= 11 is 1.39. The standard InChI is InChI=1S/C32H40N2O8S/c1-17-13-21-27(26-11-8-12-43-26)23(35)16-22(29(21)37)34-31(38)18(2)9-7-10-24(40-5)30(42-32(33)39)20(4)15-19(3)28(36)25(14-17)41-6/h7-13,15-16,19,24-25,28,30,35-37H,14H2,1-6H3,(H2,33,39)(H,34,38)/t19-,24-,25-,28+,30-/m0/s1. The Morgan fingerprint density at radius 1 is 1.16 bits per heavy atom. The number of ether oxygens (including phenoxy) is 3. The summed E-state index contributed by atoms with van der Waals surface area (Å²) in [5.41, 5.74) is 7.74. The van der Waals surface area contributed by atoms with E-state index >= 15 is 0 Å². The van der Waals surface area contributed by atoms with Crippen LogP contribution in [0.5, 0.6) is 11.5 Å². The molecule has 2 aromatic rings. The zero-order chi connectivity index (χ0) is 31.8. The van der Waals surface area contributed by atoms with Crippen molar-refractivity contribution in [3.05, 3.63) is 70.2 Å². The van der Waals surface area contributed by atoms with Gasteiger partial charge in [-0.25, -0.2) is 4.79 Å². The molecule has 0 saturated heterocycles. The van der Waals surface area contributed by atoms with Crippen molar-refractivity contribution in [2.24, 2.45) is 11.7 Å². The van der Waals surface area contributed by atoms with E-state index in [0.29, 0.717) is 16.7 Å². The number of methoxy groups -OCH3 is 2. The number of aromatic hydroxyl groups is 2. The van der Waals surface area contributed by atoms with Gasteiger partial charge >= 0.3 is 6.09 Å². The lowest BCUT2D eigenvalue weighted by Crippen LogP contribution is -2.36. The molecule has 0 radical (unpaired) electrons. The van der Waals surface area contributed by atoms with Gasteiger partial charge in [-0.05, 0) is 44.2 Å². The largest absolute Gasteiger partial charge is 0.507 e. The molecule has 1 aromatic carbocycles. The number of rotatable bonds is 4. The van der Waals surface area contributed by atoms with Gasteiger partial charge in [-0.1, -0.05) is 48.9 Å². The summed E-state index contributed by atoms with van der Waals surface area (Å²) in [4.78, 5) is 25.6. The molecule has 0 fully saturated rings. The second-order valence-corrected chi connectivity index (χ2v) is 11.5. The highest BCUT2D eigenvalue weighted by molar-refractivity contribution is 7.13. The van der Waals surface area contributed by atoms with Gasteiger partial charge < -0.3 is 40.6 Å². The monoisotopic (exact) mass is 612 g/mol. The Morgan fingerprint density at radius 3 is 2.49 bits per heavy atom. The first-order valence-corrected chi connectivity index (χ1v) is 14.6. The minimum absolute atomic E-state index is 0.0259. The van der Waals surface area contributed by atoms with E-state index in [4.69, 9.17) is 19.9 Å². The minimum Gasteiger partial charge on any atom is -0.507 e. The fourth-order valence-electron chi connectivity index (χ4n) is 4.96. The number of thiophene rings is 1. The van der Waals surface area contributed by atoms with Crippen LogP contribution < -0.4 is 11.1 Å². The van der Waals surface area contributed by atoms with Gasteiger partial charge in [0, 0.05) is 47.8 Å². The average Bonchev–Trinajstić information content (AvgIpc) is 3.48. The van der Waals surface area contributed by atoms with Gasteiger partial charge in [0.2, 0.25) is 0 Å². The third-order valence-corrected chi connectivity index (χ3v) is 8.15. The van der Waals surface area contributed by atoms with Crippen LogP contribution in [0, 0.1) is 5.92 Å². The Bertz CT molecular complexity index is 1430. The van der Waals surface area contributed by atoms with Crippen molar-refractivity contribution in [3.8, 4) is 21.9 Å². The summed E-state index contributed by atoms with van der Waals surface area (Å²) in [7, 11) is 2.94. The molecule has 1 aromatic heterocycles. The van der Waals surface area contributed by atoms with Gasteiger partial charge in [-0.2, -0.15) is 0 Å². The molecule has 232 valence electrons. The number of aliphatic hydroxyl groups is 1. The molecule has 0 saturated carbocycles. The second-order valence-electron chi connectivity index (χ2n) is 10.5. The van der Waals surface area contributed by atoms with Crippen LogP contribution in [-0.2, 0) is 19.0 Å². The number of nitrogens with two attached hydrogens (primary N) is 1. The van der Waals surface area contributed by atoms with Crippen molar-refractivity contribution in [1.82, 2.24) is 0 Å². The van der Waals surface area contributed by atoms with Gasteiger partial charge in [0.25, 0.3) is 5.91 Å². The lowest BCUT2D eigenvalue weighted by Gasteiger charge is -2.28. The number of benzene rings is 1. The predicted molar refractivity (Wildman–Crippen MR) is 168 cm³/mol. The molecule has 1 aliphatic rings. The zero-order valence-corrected chi connectivity index (χ0v) is 26.0. The number of aliphatic hydroxyl groups excluding tert-OH is 1. The molecule has 43 heavy (non-hydrogen) atoms. The van der Waals surface area contributed by atoms with E-state index in [0.717, 1.165) is 10.5 Å².